The molecule has 0 aliphatic rings. The Labute approximate surface area is 322 Å². The van der Waals surface area contributed by atoms with Crippen LogP contribution in [0.15, 0.2) is 146 Å². The molecule has 0 amide bonds. The molecular weight excluding hydrogens is 691 g/mol. The van der Waals surface area contributed by atoms with Gasteiger partial charge in [0.2, 0.25) is 0 Å². The highest BCUT2D eigenvalue weighted by atomic mass is 19.0. The number of rotatable bonds is 0. The Morgan fingerprint density at radius 2 is 0.241 bits per heavy atom. The molecule has 0 spiro atoms. The van der Waals surface area contributed by atoms with Crippen LogP contribution in [0.5, 0.6) is 0 Å². The summed E-state index contributed by atoms with van der Waals surface area (Å²) in [5, 5.41) is 0. The van der Waals surface area contributed by atoms with Crippen molar-refractivity contribution >= 4 is 0 Å². The van der Waals surface area contributed by atoms with Gasteiger partial charge >= 0.3 is 0 Å². The number of hydrogen-bond donors (Lipinski definition) is 0. The Hall–Kier alpha value is -5.10. The summed E-state index contributed by atoms with van der Waals surface area (Å²) >= 11 is 0. The second-order valence-corrected chi connectivity index (χ2v) is 12.9. The maximum absolute atomic E-state index is 2.17. The molecule has 0 N–H and O–H groups in total. The van der Waals surface area contributed by atoms with Crippen LogP contribution in [0.4, 0.5) is 28.2 Å². The lowest BCUT2D eigenvalue weighted by Crippen LogP contribution is -1.71. The van der Waals surface area contributed by atoms with Crippen LogP contribution in [-0.4, -0.2) is 0 Å². The Morgan fingerprint density at radius 3 is 0.278 bits per heavy atom. The van der Waals surface area contributed by atoms with Crippen LogP contribution in [0.1, 0.15) is 66.8 Å². The summed E-state index contributed by atoms with van der Waals surface area (Å²) in [5.74, 6) is 0. The van der Waals surface area contributed by atoms with Gasteiger partial charge in [0, 0.05) is 0 Å². The molecule has 0 saturated heterocycles. The van der Waals surface area contributed by atoms with Crippen molar-refractivity contribution in [3.8, 4) is 0 Å². The van der Waals surface area contributed by atoms with Crippen molar-refractivity contribution in [1.29, 1.82) is 0 Å². The van der Waals surface area contributed by atoms with Gasteiger partial charge in [-0.05, 0) is 83.1 Å². The molecule has 6 rings (SSSR count). The maximum Gasteiger partial charge on any atom is -0.0398 e. The van der Waals surface area contributed by atoms with Crippen LogP contribution in [0, 0.1) is 83.1 Å². The molecule has 0 aliphatic heterocycles. The Bertz CT molecular complexity index is 1320. The minimum absolute atomic E-state index is 0. The number of benzene rings is 6. The van der Waals surface area contributed by atoms with Gasteiger partial charge < -0.3 is 0 Å². The van der Waals surface area contributed by atoms with Gasteiger partial charge in [-0.25, -0.2) is 0 Å². The molecule has 6 heteroatoms. The molecule has 0 unspecified atom stereocenters. The van der Waals surface area contributed by atoms with Crippen LogP contribution in [0.25, 0.3) is 0 Å². The van der Waals surface area contributed by atoms with Crippen molar-refractivity contribution in [3.05, 3.63) is 212 Å². The zero-order valence-corrected chi connectivity index (χ0v) is 34.3. The van der Waals surface area contributed by atoms with Gasteiger partial charge in [0.05, 0.1) is 0 Å². The molecule has 6 aromatic rings. The number of aryl methyl sites for hydroxylation is 12. The Balaban J connectivity index is -0.000000125. The van der Waals surface area contributed by atoms with E-state index in [0.29, 0.717) is 0 Å². The van der Waals surface area contributed by atoms with Crippen LogP contribution in [0.3, 0.4) is 0 Å². The summed E-state index contributed by atoms with van der Waals surface area (Å²) in [4.78, 5) is 0. The van der Waals surface area contributed by atoms with Crippen molar-refractivity contribution in [2.75, 3.05) is 0 Å². The van der Waals surface area contributed by atoms with Crippen molar-refractivity contribution < 1.29 is 28.2 Å². The minimum atomic E-state index is 0. The highest BCUT2D eigenvalue weighted by molar-refractivity contribution is 5.23. The number of halogens is 6. The van der Waals surface area contributed by atoms with Gasteiger partial charge in [0.15, 0.2) is 0 Å². The van der Waals surface area contributed by atoms with Gasteiger partial charge in [-0.3, -0.25) is 28.2 Å². The molecule has 54 heavy (non-hydrogen) atoms. The predicted octanol–water partition coefficient (Wildman–Crippen LogP) is 14.7. The first-order valence-electron chi connectivity index (χ1n) is 16.9. The summed E-state index contributed by atoms with van der Waals surface area (Å²) in [6.45, 7) is 25.3. The van der Waals surface area contributed by atoms with Crippen molar-refractivity contribution in [2.45, 2.75) is 83.1 Å². The second-order valence-electron chi connectivity index (χ2n) is 12.9. The molecule has 0 heterocycles. The van der Waals surface area contributed by atoms with Gasteiger partial charge in [0.25, 0.3) is 0 Å². The van der Waals surface area contributed by atoms with E-state index in [1.807, 2.05) is 0 Å². The molecule has 0 nitrogen and oxygen atoms in total. The highest BCUT2D eigenvalue weighted by Crippen LogP contribution is 2.03. The fourth-order valence-electron chi connectivity index (χ4n) is 4.84. The molecule has 0 fully saturated rings. The SMILES string of the molecule is Cc1cccc(C)c1.Cc1cccc(C)c1.Cc1cccc(C)c1.Cc1cccc(C)c1.Cc1cccc(C)c1.Cc1cccc(C)c1.F.F.F.F.F.F. The topological polar surface area (TPSA) is 0 Å². The smallest absolute Gasteiger partial charge is 0.0398 e. The first-order valence-corrected chi connectivity index (χ1v) is 16.9. The average Bonchev–Trinajstić information content (AvgIpc) is 2.98. The third-order valence-electron chi connectivity index (χ3n) is 7.04. The molecule has 0 bridgehead atoms. The van der Waals surface area contributed by atoms with E-state index in [9.17, 15) is 0 Å². The van der Waals surface area contributed by atoms with Crippen molar-refractivity contribution in [1.82, 2.24) is 0 Å². The Morgan fingerprint density at radius 1 is 0.167 bits per heavy atom. The molecule has 0 aromatic heterocycles. The quantitative estimate of drug-likeness (QED) is 0.135. The van der Waals surface area contributed by atoms with Crippen LogP contribution in [-0.2, 0) is 0 Å². The van der Waals surface area contributed by atoms with Crippen LogP contribution in [0.2, 0.25) is 0 Å². The van der Waals surface area contributed by atoms with Crippen molar-refractivity contribution in [2.24, 2.45) is 0 Å². The third-order valence-corrected chi connectivity index (χ3v) is 7.04. The largest absolute Gasteiger partial charge is 0.269 e. The van der Waals surface area contributed by atoms with Crippen molar-refractivity contribution in [3.63, 3.8) is 0 Å². The fraction of sp³-hybridized carbons (Fsp3) is 0.250. The predicted molar refractivity (Wildman–Crippen MR) is 231 cm³/mol. The monoisotopic (exact) mass is 757 g/mol. The van der Waals surface area contributed by atoms with Crippen LogP contribution < -0.4 is 0 Å². The lowest BCUT2D eigenvalue weighted by Gasteiger charge is -1.90. The second kappa shape index (κ2) is 35.0. The summed E-state index contributed by atoms with van der Waals surface area (Å²) in [6.07, 6.45) is 0. The standard InChI is InChI=1S/6C8H10.6FH/c6*1-7-4-3-5-8(2)6-7;;;;;;/h6*3-6H,1-2H3;6*1H. The molecule has 0 atom stereocenters. The molecule has 6 aromatic carbocycles. The van der Waals surface area contributed by atoms with E-state index in [2.05, 4.69) is 229 Å². The molecule has 0 saturated carbocycles. The van der Waals surface area contributed by atoms with E-state index in [-0.39, 0.29) is 28.2 Å². The van der Waals surface area contributed by atoms with Gasteiger partial charge in [-0.1, -0.05) is 212 Å². The van der Waals surface area contributed by atoms with E-state index in [0.717, 1.165) is 0 Å². The lowest BCUT2D eigenvalue weighted by molar-refractivity contribution is 1.11. The lowest BCUT2D eigenvalue weighted by atomic mass is 10.2. The zero-order valence-electron chi connectivity index (χ0n) is 34.3. The highest BCUT2D eigenvalue weighted by Gasteiger charge is 1.84. The van der Waals surface area contributed by atoms with Crippen LogP contribution >= 0.6 is 0 Å². The summed E-state index contributed by atoms with van der Waals surface area (Å²) in [5.41, 5.74) is 16.1. The molecule has 0 radical (unpaired) electrons. The van der Waals surface area contributed by atoms with Gasteiger partial charge in [0.1, 0.15) is 0 Å². The first-order chi connectivity index (χ1) is 22.7. The van der Waals surface area contributed by atoms with E-state index < -0.39 is 0 Å². The normalized spacial score (nSPS) is 8.22. The molecular formula is C48H66F6. The van der Waals surface area contributed by atoms with E-state index >= 15 is 0 Å². The summed E-state index contributed by atoms with van der Waals surface area (Å²) in [6, 6.07) is 50.7. The summed E-state index contributed by atoms with van der Waals surface area (Å²) in [7, 11) is 0. The van der Waals surface area contributed by atoms with E-state index in [1.54, 1.807) is 0 Å². The van der Waals surface area contributed by atoms with Gasteiger partial charge in [-0.15, -0.1) is 0 Å². The number of hydrogen-bond acceptors (Lipinski definition) is 0. The van der Waals surface area contributed by atoms with Gasteiger partial charge in [-0.2, -0.15) is 0 Å². The third kappa shape index (κ3) is 32.8. The first kappa shape index (κ1) is 61.0. The fourth-order valence-corrected chi connectivity index (χ4v) is 4.84. The maximum atomic E-state index is 2.17. The van der Waals surface area contributed by atoms with E-state index in [4.69, 9.17) is 0 Å². The zero-order chi connectivity index (χ0) is 35.9. The Kier molecular flexibility index (Phi) is 39.5. The summed E-state index contributed by atoms with van der Waals surface area (Å²) < 4.78 is 0. The minimum Gasteiger partial charge on any atom is -0.269 e. The van der Waals surface area contributed by atoms with E-state index in [1.165, 1.54) is 66.8 Å². The molecule has 0 aliphatic carbocycles. The average molecular weight is 757 g/mol. The molecule has 300 valence electrons.